The Balaban J connectivity index is 1.09. The fourth-order valence-corrected chi connectivity index (χ4v) is 12.9. The smallest absolute Gasteiger partial charge is 0.160 e. The van der Waals surface area contributed by atoms with Crippen molar-refractivity contribution in [2.45, 2.75) is 6.92 Å². The Labute approximate surface area is 474 Å². The standard InChI is InChI=1S/C77H51N5/c1-50-23-22-28-53(45-50)54-43-44-75-63(46-54)60-33-12-21-42-74(60)82(75)76-64(61-34-13-19-40-72(61)80-68-36-15-8-29-56(68)57-30-9-16-37-69(57)80)47-55(67-49-66(51-24-4-2-5-25-51)78-77(79-67)52-26-6-3-7-27-52)48-65(76)62-35-14-20-41-73(62)81-70-38-17-10-31-58(70)59-32-11-18-39-71(59)81/h2-49H,1H3. The Morgan fingerprint density at radius 1 is 0.244 bits per heavy atom. The number of benzene rings is 12. The second kappa shape index (κ2) is 19.2. The van der Waals surface area contributed by atoms with E-state index < -0.39 is 0 Å². The molecule has 16 rings (SSSR count). The van der Waals surface area contributed by atoms with Crippen molar-refractivity contribution in [2.24, 2.45) is 0 Å². The molecule has 0 aliphatic heterocycles. The van der Waals surface area contributed by atoms with Crippen LogP contribution in [0.4, 0.5) is 0 Å². The first kappa shape index (κ1) is 47.1. The van der Waals surface area contributed by atoms with Crippen LogP contribution in [-0.2, 0) is 0 Å². The summed E-state index contributed by atoms with van der Waals surface area (Å²) in [4.78, 5) is 10.9. The van der Waals surface area contributed by atoms with E-state index in [9.17, 15) is 0 Å². The second-order valence-electron chi connectivity index (χ2n) is 21.3. The van der Waals surface area contributed by atoms with Crippen LogP contribution in [0.25, 0.3) is 150 Å². The summed E-state index contributed by atoms with van der Waals surface area (Å²) in [6.07, 6.45) is 0. The van der Waals surface area contributed by atoms with Gasteiger partial charge in [-0.1, -0.05) is 224 Å². The van der Waals surface area contributed by atoms with E-state index in [-0.39, 0.29) is 0 Å². The molecule has 82 heavy (non-hydrogen) atoms. The summed E-state index contributed by atoms with van der Waals surface area (Å²) >= 11 is 0. The number of hydrogen-bond acceptors (Lipinski definition) is 2. The average Bonchev–Trinajstić information content (AvgIpc) is 3.16. The molecule has 5 heteroatoms. The molecular weight excluding hydrogens is 995 g/mol. The van der Waals surface area contributed by atoms with E-state index in [1.54, 1.807) is 0 Å². The molecule has 0 radical (unpaired) electrons. The number of rotatable bonds is 9. The highest BCUT2D eigenvalue weighted by molar-refractivity contribution is 6.14. The Kier molecular flexibility index (Phi) is 11.0. The van der Waals surface area contributed by atoms with Crippen LogP contribution < -0.4 is 0 Å². The normalized spacial score (nSPS) is 11.7. The number of nitrogens with zero attached hydrogens (tertiary/aromatic N) is 5. The summed E-state index contributed by atoms with van der Waals surface area (Å²) in [7, 11) is 0. The zero-order valence-electron chi connectivity index (χ0n) is 44.9. The van der Waals surface area contributed by atoms with Crippen molar-refractivity contribution in [3.63, 3.8) is 0 Å². The van der Waals surface area contributed by atoms with Crippen molar-refractivity contribution >= 4 is 65.4 Å². The van der Waals surface area contributed by atoms with Gasteiger partial charge in [-0.15, -0.1) is 0 Å². The molecule has 0 atom stereocenters. The first-order chi connectivity index (χ1) is 40.6. The molecule has 0 saturated carbocycles. The van der Waals surface area contributed by atoms with Gasteiger partial charge in [0.2, 0.25) is 0 Å². The average molecular weight is 1050 g/mol. The number of aromatic nitrogens is 5. The molecule has 0 bridgehead atoms. The summed E-state index contributed by atoms with van der Waals surface area (Å²) < 4.78 is 7.48. The molecule has 384 valence electrons. The molecule has 0 unspecified atom stereocenters. The summed E-state index contributed by atoms with van der Waals surface area (Å²) in [6, 6.07) is 106. The number of aryl methyl sites for hydroxylation is 1. The Morgan fingerprint density at radius 3 is 1.15 bits per heavy atom. The lowest BCUT2D eigenvalue weighted by atomic mass is 9.90. The van der Waals surface area contributed by atoms with Crippen LogP contribution in [0.2, 0.25) is 0 Å². The fraction of sp³-hybridized carbons (Fsp3) is 0.0130. The van der Waals surface area contributed by atoms with Crippen molar-refractivity contribution < 1.29 is 0 Å². The van der Waals surface area contributed by atoms with E-state index >= 15 is 0 Å². The van der Waals surface area contributed by atoms with E-state index in [1.165, 1.54) is 49.0 Å². The van der Waals surface area contributed by atoms with Gasteiger partial charge < -0.3 is 13.7 Å². The number of para-hydroxylation sites is 7. The second-order valence-corrected chi connectivity index (χ2v) is 21.3. The summed E-state index contributed by atoms with van der Waals surface area (Å²) in [5.41, 5.74) is 22.4. The molecule has 0 aliphatic carbocycles. The molecule has 0 fully saturated rings. The molecular formula is C77H51N5. The molecule has 0 N–H and O–H groups in total. The third kappa shape index (κ3) is 7.62. The molecule has 0 saturated heterocycles. The third-order valence-corrected chi connectivity index (χ3v) is 16.5. The molecule has 0 amide bonds. The topological polar surface area (TPSA) is 40.6 Å². The Bertz CT molecular complexity index is 4830. The van der Waals surface area contributed by atoms with Crippen LogP contribution in [0.3, 0.4) is 0 Å². The predicted octanol–water partition coefficient (Wildman–Crippen LogP) is 20.1. The van der Waals surface area contributed by atoms with Crippen LogP contribution in [0, 0.1) is 6.92 Å². The number of hydrogen-bond donors (Lipinski definition) is 0. The van der Waals surface area contributed by atoms with Crippen LogP contribution in [-0.4, -0.2) is 23.7 Å². The first-order valence-electron chi connectivity index (χ1n) is 28.1. The van der Waals surface area contributed by atoms with Crippen LogP contribution >= 0.6 is 0 Å². The SMILES string of the molecule is Cc1cccc(-c2ccc3c(c2)c2ccccc2n3-c2c(-c3ccccc3-n3c4ccccc4c4ccccc43)cc(-c3cc(-c4ccccc4)nc(-c4ccccc4)n3)cc2-c2ccccc2-n2c3ccccc3c3ccccc32)c1. The van der Waals surface area contributed by atoms with Gasteiger partial charge in [0.1, 0.15) is 0 Å². The maximum absolute atomic E-state index is 5.59. The van der Waals surface area contributed by atoms with E-state index in [0.717, 1.165) is 100 Å². The van der Waals surface area contributed by atoms with Gasteiger partial charge in [-0.3, -0.25) is 0 Å². The minimum absolute atomic E-state index is 0.660. The Morgan fingerprint density at radius 2 is 0.634 bits per heavy atom. The van der Waals surface area contributed by atoms with Crippen molar-refractivity contribution in [3.8, 4) is 84.3 Å². The zero-order chi connectivity index (χ0) is 54.3. The highest BCUT2D eigenvalue weighted by atomic mass is 15.0. The zero-order valence-corrected chi connectivity index (χ0v) is 44.9. The number of fused-ring (bicyclic) bond motifs is 9. The van der Waals surface area contributed by atoms with Gasteiger partial charge in [-0.05, 0) is 90.8 Å². The van der Waals surface area contributed by atoms with E-state index in [2.05, 4.69) is 306 Å². The van der Waals surface area contributed by atoms with Gasteiger partial charge in [0.25, 0.3) is 0 Å². The lowest BCUT2D eigenvalue weighted by Crippen LogP contribution is -2.06. The molecule has 0 spiro atoms. The fourth-order valence-electron chi connectivity index (χ4n) is 12.9. The highest BCUT2D eigenvalue weighted by Crippen LogP contribution is 2.49. The van der Waals surface area contributed by atoms with Crippen molar-refractivity contribution in [2.75, 3.05) is 0 Å². The molecule has 5 nitrogen and oxygen atoms in total. The van der Waals surface area contributed by atoms with Gasteiger partial charge >= 0.3 is 0 Å². The van der Waals surface area contributed by atoms with E-state index in [4.69, 9.17) is 9.97 Å². The van der Waals surface area contributed by atoms with Gasteiger partial charge in [0, 0.05) is 71.3 Å². The van der Waals surface area contributed by atoms with Gasteiger partial charge in [-0.2, -0.15) is 0 Å². The van der Waals surface area contributed by atoms with Crippen molar-refractivity contribution in [3.05, 3.63) is 297 Å². The summed E-state index contributed by atoms with van der Waals surface area (Å²) in [6.45, 7) is 2.17. The van der Waals surface area contributed by atoms with Gasteiger partial charge in [-0.25, -0.2) is 9.97 Å². The summed E-state index contributed by atoms with van der Waals surface area (Å²) in [5, 5.41) is 7.18. The molecule has 16 aromatic rings. The first-order valence-corrected chi connectivity index (χ1v) is 28.1. The predicted molar refractivity (Wildman–Crippen MR) is 342 cm³/mol. The molecule has 12 aromatic carbocycles. The quantitative estimate of drug-likeness (QED) is 0.145. The lowest BCUT2D eigenvalue weighted by Gasteiger charge is -2.24. The van der Waals surface area contributed by atoms with Crippen LogP contribution in [0.5, 0.6) is 0 Å². The molecule has 4 aromatic heterocycles. The van der Waals surface area contributed by atoms with Gasteiger partial charge in [0.15, 0.2) is 5.82 Å². The van der Waals surface area contributed by atoms with Crippen molar-refractivity contribution in [1.29, 1.82) is 0 Å². The van der Waals surface area contributed by atoms with Gasteiger partial charge in [0.05, 0.1) is 61.6 Å². The van der Waals surface area contributed by atoms with Crippen molar-refractivity contribution in [1.82, 2.24) is 23.7 Å². The monoisotopic (exact) mass is 1050 g/mol. The van der Waals surface area contributed by atoms with E-state index in [1.807, 2.05) is 6.07 Å². The minimum Gasteiger partial charge on any atom is -0.309 e. The largest absolute Gasteiger partial charge is 0.309 e. The van der Waals surface area contributed by atoms with E-state index in [0.29, 0.717) is 5.82 Å². The minimum atomic E-state index is 0.660. The maximum atomic E-state index is 5.59. The lowest BCUT2D eigenvalue weighted by molar-refractivity contribution is 1.15. The highest BCUT2D eigenvalue weighted by Gasteiger charge is 2.27. The summed E-state index contributed by atoms with van der Waals surface area (Å²) in [5.74, 6) is 0.660. The maximum Gasteiger partial charge on any atom is 0.160 e. The molecule has 4 heterocycles. The molecule has 0 aliphatic rings. The third-order valence-electron chi connectivity index (χ3n) is 16.5. The van der Waals surface area contributed by atoms with Crippen LogP contribution in [0.1, 0.15) is 5.56 Å². The van der Waals surface area contributed by atoms with Crippen LogP contribution in [0.15, 0.2) is 291 Å². The Hall–Kier alpha value is -10.9.